The third-order valence-corrected chi connectivity index (χ3v) is 6.86. The highest BCUT2D eigenvalue weighted by Gasteiger charge is 2.44. The van der Waals surface area contributed by atoms with E-state index in [1.165, 1.54) is 41.8 Å². The average molecular weight is 532 g/mol. The summed E-state index contributed by atoms with van der Waals surface area (Å²) in [4.78, 5) is 51.1. The van der Waals surface area contributed by atoms with Crippen LogP contribution in [0.2, 0.25) is 0 Å². The van der Waals surface area contributed by atoms with Crippen LogP contribution in [0.5, 0.6) is 0 Å². The molecule has 0 bridgehead atoms. The molecule has 1 fully saturated rings. The van der Waals surface area contributed by atoms with Crippen LogP contribution in [-0.2, 0) is 19.1 Å². The minimum Gasteiger partial charge on any atom is -0.481 e. The zero-order valence-corrected chi connectivity index (χ0v) is 21.8. The van der Waals surface area contributed by atoms with Gasteiger partial charge in [0.05, 0.1) is 12.5 Å². The summed E-state index contributed by atoms with van der Waals surface area (Å²) in [6, 6.07) is 10.7. The second-order valence-corrected chi connectivity index (χ2v) is 10.7. The fourth-order valence-electron chi connectivity index (χ4n) is 3.73. The van der Waals surface area contributed by atoms with E-state index in [9.17, 15) is 28.7 Å². The Bertz CT molecular complexity index is 1180. The summed E-state index contributed by atoms with van der Waals surface area (Å²) in [5.41, 5.74) is 0.324. The third-order valence-electron chi connectivity index (χ3n) is 5.55. The number of esters is 1. The SMILES string of the molecule is C[C@H](C(=O)O)c1cccc(NC(=O)NCC(=O)N2C(C(=O)OC(C)(C)C)CSC2c2ccccc2F)c1. The number of amides is 3. The molecule has 0 saturated carbocycles. The summed E-state index contributed by atoms with van der Waals surface area (Å²) < 4.78 is 20.1. The fourth-order valence-corrected chi connectivity index (χ4v) is 5.19. The van der Waals surface area contributed by atoms with Crippen molar-refractivity contribution in [1.82, 2.24) is 10.2 Å². The van der Waals surface area contributed by atoms with Gasteiger partial charge in [-0.1, -0.05) is 30.3 Å². The standard InChI is InChI=1S/C26H30FN3O6S/c1-15(23(32)33)16-8-7-9-17(12-16)29-25(35)28-13-21(31)30-20(24(34)36-26(2,3)4)14-37-22(30)18-10-5-6-11-19(18)27/h5-12,15,20,22H,13-14H2,1-4H3,(H,32,33)(H2,28,29,35)/t15-,20?,22?/m0/s1. The van der Waals surface area contributed by atoms with Gasteiger partial charge in [0.1, 0.15) is 22.8 Å². The van der Waals surface area contributed by atoms with Crippen LogP contribution < -0.4 is 10.6 Å². The molecule has 198 valence electrons. The highest BCUT2D eigenvalue weighted by atomic mass is 32.2. The first-order valence-electron chi connectivity index (χ1n) is 11.6. The molecule has 0 radical (unpaired) electrons. The van der Waals surface area contributed by atoms with Gasteiger partial charge in [0.2, 0.25) is 5.91 Å². The number of hydrogen-bond acceptors (Lipinski definition) is 6. The summed E-state index contributed by atoms with van der Waals surface area (Å²) in [5.74, 6) is -3.26. The molecule has 2 unspecified atom stereocenters. The molecule has 11 heteroatoms. The van der Waals surface area contributed by atoms with Crippen molar-refractivity contribution in [1.29, 1.82) is 0 Å². The maximum atomic E-state index is 14.6. The molecule has 3 N–H and O–H groups in total. The largest absolute Gasteiger partial charge is 0.481 e. The Morgan fingerprint density at radius 3 is 2.51 bits per heavy atom. The number of carbonyl (C=O) groups excluding carboxylic acids is 3. The van der Waals surface area contributed by atoms with Gasteiger partial charge in [-0.15, -0.1) is 11.8 Å². The number of rotatable bonds is 7. The Labute approximate surface area is 218 Å². The van der Waals surface area contributed by atoms with Gasteiger partial charge < -0.3 is 25.4 Å². The van der Waals surface area contributed by atoms with Crippen molar-refractivity contribution in [2.75, 3.05) is 17.6 Å². The zero-order chi connectivity index (χ0) is 27.3. The highest BCUT2D eigenvalue weighted by Crippen LogP contribution is 2.42. The van der Waals surface area contributed by atoms with Crippen molar-refractivity contribution in [3.8, 4) is 0 Å². The topological polar surface area (TPSA) is 125 Å². The van der Waals surface area contributed by atoms with Gasteiger partial charge in [-0.2, -0.15) is 0 Å². The molecule has 1 saturated heterocycles. The van der Waals surface area contributed by atoms with E-state index in [1.807, 2.05) is 0 Å². The molecule has 0 aromatic heterocycles. The second-order valence-electron chi connectivity index (χ2n) is 9.55. The summed E-state index contributed by atoms with van der Waals surface area (Å²) in [7, 11) is 0. The van der Waals surface area contributed by atoms with E-state index < -0.39 is 59.2 Å². The number of nitrogens with one attached hydrogen (secondary N) is 2. The van der Waals surface area contributed by atoms with Crippen LogP contribution in [-0.4, -0.2) is 57.8 Å². The zero-order valence-electron chi connectivity index (χ0n) is 21.0. The predicted octanol–water partition coefficient (Wildman–Crippen LogP) is 4.12. The van der Waals surface area contributed by atoms with Crippen LogP contribution in [0.4, 0.5) is 14.9 Å². The van der Waals surface area contributed by atoms with Gasteiger partial charge in [0.25, 0.3) is 0 Å². The molecule has 1 aliphatic heterocycles. The molecular weight excluding hydrogens is 501 g/mol. The van der Waals surface area contributed by atoms with Crippen molar-refractivity contribution >= 4 is 41.3 Å². The summed E-state index contributed by atoms with van der Waals surface area (Å²) in [6.07, 6.45) is 0. The lowest BCUT2D eigenvalue weighted by Gasteiger charge is -2.30. The number of urea groups is 1. The quantitative estimate of drug-likeness (QED) is 0.459. The van der Waals surface area contributed by atoms with Crippen molar-refractivity contribution in [3.05, 3.63) is 65.5 Å². The normalized spacial score (nSPS) is 18.1. The first-order valence-corrected chi connectivity index (χ1v) is 12.7. The molecule has 1 aliphatic rings. The van der Waals surface area contributed by atoms with E-state index in [1.54, 1.807) is 51.1 Å². The molecule has 1 heterocycles. The minimum atomic E-state index is -1.00. The van der Waals surface area contributed by atoms with Crippen LogP contribution in [0, 0.1) is 5.82 Å². The van der Waals surface area contributed by atoms with Crippen molar-refractivity contribution < 1.29 is 33.4 Å². The smallest absolute Gasteiger partial charge is 0.330 e. The van der Waals surface area contributed by atoms with Crippen molar-refractivity contribution in [3.63, 3.8) is 0 Å². The molecule has 3 amide bonds. The highest BCUT2D eigenvalue weighted by molar-refractivity contribution is 7.99. The van der Waals surface area contributed by atoms with E-state index in [0.717, 1.165) is 0 Å². The van der Waals surface area contributed by atoms with Gasteiger partial charge in [0, 0.05) is 17.0 Å². The number of anilines is 1. The molecule has 3 atom stereocenters. The van der Waals surface area contributed by atoms with Gasteiger partial charge in [-0.25, -0.2) is 14.0 Å². The number of carboxylic acid groups (broad SMARTS) is 1. The minimum absolute atomic E-state index is 0.209. The maximum absolute atomic E-state index is 14.6. The van der Waals surface area contributed by atoms with Crippen molar-refractivity contribution in [2.24, 2.45) is 0 Å². The number of nitrogens with zero attached hydrogens (tertiary/aromatic N) is 1. The lowest BCUT2D eigenvalue weighted by Crippen LogP contribution is -2.49. The van der Waals surface area contributed by atoms with Crippen LogP contribution in [0.1, 0.15) is 50.1 Å². The number of carbonyl (C=O) groups is 4. The van der Waals surface area contributed by atoms with E-state index in [0.29, 0.717) is 11.3 Å². The summed E-state index contributed by atoms with van der Waals surface area (Å²) in [5, 5.41) is 13.5. The second kappa shape index (κ2) is 11.6. The van der Waals surface area contributed by atoms with Gasteiger partial charge >= 0.3 is 18.0 Å². The lowest BCUT2D eigenvalue weighted by atomic mass is 10.0. The Hall–Kier alpha value is -3.60. The van der Waals surface area contributed by atoms with E-state index in [2.05, 4.69) is 10.6 Å². The number of hydrogen-bond donors (Lipinski definition) is 3. The molecule has 0 spiro atoms. The average Bonchev–Trinajstić information content (AvgIpc) is 3.26. The molecule has 2 aromatic carbocycles. The number of ether oxygens (including phenoxy) is 1. The fraction of sp³-hybridized carbons (Fsp3) is 0.385. The van der Waals surface area contributed by atoms with Crippen LogP contribution >= 0.6 is 11.8 Å². The molecule has 2 aromatic rings. The van der Waals surface area contributed by atoms with Crippen LogP contribution in [0.25, 0.3) is 0 Å². The van der Waals surface area contributed by atoms with Gasteiger partial charge in [-0.05, 0) is 51.5 Å². The van der Waals surface area contributed by atoms with Gasteiger partial charge in [-0.3, -0.25) is 9.59 Å². The monoisotopic (exact) mass is 531 g/mol. The Balaban J connectivity index is 1.73. The van der Waals surface area contributed by atoms with Crippen LogP contribution in [0.15, 0.2) is 48.5 Å². The Morgan fingerprint density at radius 1 is 1.16 bits per heavy atom. The first kappa shape index (κ1) is 28.0. The van der Waals surface area contributed by atoms with E-state index >= 15 is 0 Å². The summed E-state index contributed by atoms with van der Waals surface area (Å²) in [6.45, 7) is 6.21. The van der Waals surface area contributed by atoms with Crippen molar-refractivity contribution in [2.45, 2.75) is 50.6 Å². The number of thioether (sulfide) groups is 1. The molecule has 0 aliphatic carbocycles. The van der Waals surface area contributed by atoms with E-state index in [4.69, 9.17) is 4.74 Å². The third kappa shape index (κ3) is 7.22. The number of aliphatic carboxylic acids is 1. The van der Waals surface area contributed by atoms with Crippen LogP contribution in [0.3, 0.4) is 0 Å². The number of benzene rings is 2. The Kier molecular flexibility index (Phi) is 8.80. The summed E-state index contributed by atoms with van der Waals surface area (Å²) >= 11 is 1.24. The number of carboxylic acids is 1. The number of halogens is 1. The Morgan fingerprint density at radius 2 is 1.86 bits per heavy atom. The molecule has 3 rings (SSSR count). The molecule has 9 nitrogen and oxygen atoms in total. The molecule has 37 heavy (non-hydrogen) atoms. The lowest BCUT2D eigenvalue weighted by molar-refractivity contribution is -0.163. The first-order chi connectivity index (χ1) is 17.4. The maximum Gasteiger partial charge on any atom is 0.330 e. The predicted molar refractivity (Wildman–Crippen MR) is 138 cm³/mol. The van der Waals surface area contributed by atoms with Gasteiger partial charge in [0.15, 0.2) is 0 Å². The molecular formula is C26H30FN3O6S. The van der Waals surface area contributed by atoms with E-state index in [-0.39, 0.29) is 11.3 Å².